The average Bonchev–Trinajstić information content (AvgIpc) is 2.88. The van der Waals surface area contributed by atoms with Gasteiger partial charge in [-0.1, -0.05) is 25.0 Å². The summed E-state index contributed by atoms with van der Waals surface area (Å²) < 4.78 is 0. The van der Waals surface area contributed by atoms with Gasteiger partial charge < -0.3 is 5.32 Å². The first-order chi connectivity index (χ1) is 6.93. The lowest BCUT2D eigenvalue weighted by Crippen LogP contribution is -1.93. The first kappa shape index (κ1) is 8.34. The molecule has 1 heteroatoms. The molecule has 0 spiro atoms. The smallest absolute Gasteiger partial charge is 0.0373 e. The van der Waals surface area contributed by atoms with Crippen molar-refractivity contribution in [3.05, 3.63) is 29.3 Å². The van der Waals surface area contributed by atoms with Gasteiger partial charge in [0.05, 0.1) is 0 Å². The first-order valence-electron chi connectivity index (χ1n) is 5.80. The van der Waals surface area contributed by atoms with Crippen LogP contribution in [0.2, 0.25) is 0 Å². The fraction of sp³-hybridized carbons (Fsp3) is 0.538. The van der Waals surface area contributed by atoms with E-state index in [2.05, 4.69) is 23.5 Å². The maximum absolute atomic E-state index is 3.42. The maximum atomic E-state index is 3.42. The lowest BCUT2D eigenvalue weighted by molar-refractivity contribution is 0.722. The average molecular weight is 187 g/mol. The molecule has 74 valence electrons. The molecule has 1 aromatic carbocycles. The molecule has 0 radical (unpaired) electrons. The highest BCUT2D eigenvalue weighted by molar-refractivity contribution is 5.56. The van der Waals surface area contributed by atoms with Gasteiger partial charge in [-0.15, -0.1) is 0 Å². The topological polar surface area (TPSA) is 12.0 Å². The van der Waals surface area contributed by atoms with Gasteiger partial charge in [0.25, 0.3) is 0 Å². The third-order valence-corrected chi connectivity index (χ3v) is 3.67. The Balaban J connectivity index is 1.91. The van der Waals surface area contributed by atoms with Crippen LogP contribution in [0, 0.1) is 0 Å². The fourth-order valence-electron chi connectivity index (χ4n) is 2.84. The predicted molar refractivity (Wildman–Crippen MR) is 59.8 cm³/mol. The number of fused-ring (bicyclic) bond motifs is 1. The second-order valence-corrected chi connectivity index (χ2v) is 4.57. The zero-order chi connectivity index (χ0) is 9.38. The molecule has 0 bridgehead atoms. The molecular weight excluding hydrogens is 170 g/mol. The summed E-state index contributed by atoms with van der Waals surface area (Å²) in [7, 11) is 0. The standard InChI is InChI=1S/C13H17N/c1-2-4-10(3-1)11-5-6-13-12(9-11)7-8-14-13/h5-6,9-10,14H,1-4,7-8H2. The van der Waals surface area contributed by atoms with Crippen molar-refractivity contribution in [2.24, 2.45) is 0 Å². The van der Waals surface area contributed by atoms with E-state index in [4.69, 9.17) is 0 Å². The zero-order valence-electron chi connectivity index (χ0n) is 8.55. The minimum Gasteiger partial charge on any atom is -0.384 e. The minimum absolute atomic E-state index is 0.862. The molecule has 3 rings (SSSR count). The van der Waals surface area contributed by atoms with E-state index in [9.17, 15) is 0 Å². The van der Waals surface area contributed by atoms with E-state index < -0.39 is 0 Å². The number of hydrogen-bond donors (Lipinski definition) is 1. The van der Waals surface area contributed by atoms with Gasteiger partial charge in [0.15, 0.2) is 0 Å². The first-order valence-corrected chi connectivity index (χ1v) is 5.80. The van der Waals surface area contributed by atoms with E-state index in [-0.39, 0.29) is 0 Å². The van der Waals surface area contributed by atoms with Crippen molar-refractivity contribution in [1.82, 2.24) is 0 Å². The quantitative estimate of drug-likeness (QED) is 0.711. The van der Waals surface area contributed by atoms with Crippen molar-refractivity contribution in [3.63, 3.8) is 0 Å². The van der Waals surface area contributed by atoms with Gasteiger partial charge >= 0.3 is 0 Å². The summed E-state index contributed by atoms with van der Waals surface area (Å²) in [5, 5.41) is 3.42. The molecule has 1 saturated carbocycles. The van der Waals surface area contributed by atoms with Crippen LogP contribution in [0.1, 0.15) is 42.7 Å². The number of benzene rings is 1. The van der Waals surface area contributed by atoms with Gasteiger partial charge in [0.1, 0.15) is 0 Å². The van der Waals surface area contributed by atoms with Crippen LogP contribution >= 0.6 is 0 Å². The predicted octanol–water partition coefficient (Wildman–Crippen LogP) is 3.31. The molecule has 0 aromatic heterocycles. The summed E-state index contributed by atoms with van der Waals surface area (Å²) in [6.07, 6.45) is 6.90. The summed E-state index contributed by atoms with van der Waals surface area (Å²) in [6.45, 7) is 1.13. The van der Waals surface area contributed by atoms with Crippen molar-refractivity contribution >= 4 is 5.69 Å². The molecule has 1 aromatic rings. The van der Waals surface area contributed by atoms with Crippen molar-refractivity contribution < 1.29 is 0 Å². The van der Waals surface area contributed by atoms with Crippen LogP contribution < -0.4 is 5.32 Å². The summed E-state index contributed by atoms with van der Waals surface area (Å²) in [6, 6.07) is 7.04. The van der Waals surface area contributed by atoms with Crippen molar-refractivity contribution in [1.29, 1.82) is 0 Å². The molecule has 0 unspecified atom stereocenters. The van der Waals surface area contributed by atoms with Crippen LogP contribution in [0.4, 0.5) is 5.69 Å². The minimum atomic E-state index is 0.862. The van der Waals surface area contributed by atoms with Gasteiger partial charge in [-0.25, -0.2) is 0 Å². The molecule has 1 N–H and O–H groups in total. The Bertz CT molecular complexity index is 337. The van der Waals surface area contributed by atoms with Gasteiger partial charge in [0.2, 0.25) is 0 Å². The summed E-state index contributed by atoms with van der Waals surface area (Å²) in [5.74, 6) is 0.862. The van der Waals surface area contributed by atoms with Gasteiger partial charge in [-0.05, 0) is 42.4 Å². The Kier molecular flexibility index (Phi) is 1.97. The van der Waals surface area contributed by atoms with E-state index in [1.165, 1.54) is 43.4 Å². The van der Waals surface area contributed by atoms with E-state index in [0.717, 1.165) is 12.5 Å². The molecule has 0 atom stereocenters. The highest BCUT2D eigenvalue weighted by atomic mass is 14.9. The molecular formula is C13H17N. The second-order valence-electron chi connectivity index (χ2n) is 4.57. The summed E-state index contributed by atoms with van der Waals surface area (Å²) >= 11 is 0. The molecule has 14 heavy (non-hydrogen) atoms. The van der Waals surface area contributed by atoms with E-state index in [0.29, 0.717) is 0 Å². The molecule has 1 aliphatic heterocycles. The van der Waals surface area contributed by atoms with Crippen LogP contribution in [0.15, 0.2) is 18.2 Å². The summed E-state index contributed by atoms with van der Waals surface area (Å²) in [4.78, 5) is 0. The number of nitrogens with one attached hydrogen (secondary N) is 1. The van der Waals surface area contributed by atoms with Gasteiger partial charge in [-0.3, -0.25) is 0 Å². The van der Waals surface area contributed by atoms with Crippen LogP contribution in [0.3, 0.4) is 0 Å². The Morgan fingerprint density at radius 2 is 2.00 bits per heavy atom. The Labute approximate surface area is 85.5 Å². The summed E-state index contributed by atoms with van der Waals surface area (Å²) in [5.41, 5.74) is 4.49. The Morgan fingerprint density at radius 1 is 1.14 bits per heavy atom. The third-order valence-electron chi connectivity index (χ3n) is 3.67. The van der Waals surface area contributed by atoms with Crippen molar-refractivity contribution in [3.8, 4) is 0 Å². The van der Waals surface area contributed by atoms with Gasteiger partial charge in [-0.2, -0.15) is 0 Å². The van der Waals surface area contributed by atoms with Crippen LogP contribution in [0.25, 0.3) is 0 Å². The van der Waals surface area contributed by atoms with E-state index in [1.807, 2.05) is 0 Å². The SMILES string of the molecule is c1cc2c(cc1C1CCCC1)CCN2. The van der Waals surface area contributed by atoms with E-state index >= 15 is 0 Å². The van der Waals surface area contributed by atoms with E-state index in [1.54, 1.807) is 5.56 Å². The molecule has 1 aliphatic carbocycles. The van der Waals surface area contributed by atoms with Crippen molar-refractivity contribution in [2.75, 3.05) is 11.9 Å². The molecule has 1 nitrogen and oxygen atoms in total. The molecule has 0 saturated heterocycles. The maximum Gasteiger partial charge on any atom is 0.0373 e. The van der Waals surface area contributed by atoms with Crippen LogP contribution in [0.5, 0.6) is 0 Å². The number of hydrogen-bond acceptors (Lipinski definition) is 1. The van der Waals surface area contributed by atoms with Crippen LogP contribution in [-0.2, 0) is 6.42 Å². The Morgan fingerprint density at radius 3 is 2.86 bits per heavy atom. The molecule has 0 amide bonds. The molecule has 1 heterocycles. The van der Waals surface area contributed by atoms with Crippen LogP contribution in [-0.4, -0.2) is 6.54 Å². The van der Waals surface area contributed by atoms with Crippen molar-refractivity contribution in [2.45, 2.75) is 38.0 Å². The highest BCUT2D eigenvalue weighted by Gasteiger charge is 2.19. The highest BCUT2D eigenvalue weighted by Crippen LogP contribution is 2.36. The largest absolute Gasteiger partial charge is 0.384 e. The second kappa shape index (κ2) is 3.30. The molecule has 1 fully saturated rings. The monoisotopic (exact) mass is 187 g/mol. The normalized spacial score (nSPS) is 20.9. The lowest BCUT2D eigenvalue weighted by atomic mass is 9.95. The molecule has 2 aliphatic rings. The third kappa shape index (κ3) is 1.31. The number of rotatable bonds is 1. The Hall–Kier alpha value is -0.980. The fourth-order valence-corrected chi connectivity index (χ4v) is 2.84. The lowest BCUT2D eigenvalue weighted by Gasteiger charge is -2.10. The van der Waals surface area contributed by atoms with Gasteiger partial charge in [0, 0.05) is 12.2 Å². The zero-order valence-corrected chi connectivity index (χ0v) is 8.55. The number of anilines is 1.